The van der Waals surface area contributed by atoms with Crippen molar-refractivity contribution in [1.82, 2.24) is 20.2 Å². The Morgan fingerprint density at radius 3 is 2.43 bits per heavy atom. The third-order valence-corrected chi connectivity index (χ3v) is 2.35. The van der Waals surface area contributed by atoms with Crippen LogP contribution in [0.15, 0.2) is 18.5 Å². The number of alkyl halides is 3. The van der Waals surface area contributed by atoms with Crippen LogP contribution in [0.5, 0.6) is 0 Å². The average Bonchev–Trinajstić information content (AvgIpc) is 2.46. The van der Waals surface area contributed by atoms with E-state index in [4.69, 9.17) is 5.26 Å². The summed E-state index contributed by atoms with van der Waals surface area (Å²) in [6.07, 6.45) is -2.12. The largest absolute Gasteiger partial charge is 0.437 e. The van der Waals surface area contributed by atoms with Crippen LogP contribution in [-0.4, -0.2) is 27.2 Å². The Morgan fingerprint density at radius 1 is 1.14 bits per heavy atom. The fraction of sp³-hybridized carbons (Fsp3) is 0.182. The van der Waals surface area contributed by atoms with E-state index >= 15 is 0 Å². The molecule has 0 bridgehead atoms. The first-order valence-electron chi connectivity index (χ1n) is 5.56. The molecule has 10 heteroatoms. The number of rotatable bonds is 3. The molecule has 108 valence electrons. The quantitative estimate of drug-likeness (QED) is 0.892. The molecule has 2 aromatic rings. The maximum Gasteiger partial charge on any atom is 0.437 e. The van der Waals surface area contributed by atoms with E-state index in [1.54, 1.807) is 6.07 Å². The molecular weight excluding hydrogens is 287 g/mol. The van der Waals surface area contributed by atoms with Crippen LogP contribution in [-0.2, 0) is 6.18 Å². The van der Waals surface area contributed by atoms with Gasteiger partial charge in [-0.2, -0.15) is 18.4 Å². The molecule has 7 nitrogen and oxygen atoms in total. The molecule has 0 unspecified atom stereocenters. The van der Waals surface area contributed by atoms with Crippen molar-refractivity contribution >= 4 is 17.3 Å². The minimum Gasteiger partial charge on any atom is -0.386 e. The van der Waals surface area contributed by atoms with E-state index in [2.05, 4.69) is 30.8 Å². The summed E-state index contributed by atoms with van der Waals surface area (Å²) in [5.41, 5.74) is -1.21. The van der Waals surface area contributed by atoms with Gasteiger partial charge < -0.3 is 10.6 Å². The highest BCUT2D eigenvalue weighted by Gasteiger charge is 2.36. The summed E-state index contributed by atoms with van der Waals surface area (Å²) in [6.45, 7) is 0. The van der Waals surface area contributed by atoms with Crippen molar-refractivity contribution in [3.63, 3.8) is 0 Å². The first-order chi connectivity index (χ1) is 9.94. The van der Waals surface area contributed by atoms with Gasteiger partial charge in [0, 0.05) is 13.1 Å². The summed E-state index contributed by atoms with van der Waals surface area (Å²) in [4.78, 5) is 7.63. The van der Waals surface area contributed by atoms with E-state index in [1.165, 1.54) is 19.4 Å². The van der Waals surface area contributed by atoms with Crippen LogP contribution in [0.2, 0.25) is 0 Å². The predicted octanol–water partition coefficient (Wildman–Crippen LogP) is 1.94. The van der Waals surface area contributed by atoms with Gasteiger partial charge in [0.25, 0.3) is 0 Å². The molecular formula is C11H8F3N7. The summed E-state index contributed by atoms with van der Waals surface area (Å²) >= 11 is 0. The molecule has 2 aromatic heterocycles. The first kappa shape index (κ1) is 14.4. The fourth-order valence-corrected chi connectivity index (χ4v) is 1.43. The standard InChI is InChI=1S/C11H8F3N7/c1-16-7-2-8(20-21-10(7)11(12,13)14)19-9-5-17-6(3-15)4-18-9/h2,4-5H,1H3,(H2,16,18,19,20). The molecule has 0 aliphatic carbocycles. The van der Waals surface area contributed by atoms with Crippen molar-refractivity contribution in [1.29, 1.82) is 5.26 Å². The van der Waals surface area contributed by atoms with Crippen molar-refractivity contribution in [2.24, 2.45) is 0 Å². The maximum atomic E-state index is 12.7. The van der Waals surface area contributed by atoms with Crippen LogP contribution in [0, 0.1) is 11.3 Å². The van der Waals surface area contributed by atoms with E-state index < -0.39 is 11.9 Å². The molecule has 0 aromatic carbocycles. The molecule has 2 N–H and O–H groups in total. The number of nitrogens with one attached hydrogen (secondary N) is 2. The van der Waals surface area contributed by atoms with E-state index in [0.717, 1.165) is 6.07 Å². The third kappa shape index (κ3) is 3.33. The Morgan fingerprint density at radius 2 is 1.90 bits per heavy atom. The van der Waals surface area contributed by atoms with E-state index in [0.29, 0.717) is 0 Å². The molecule has 0 aliphatic rings. The lowest BCUT2D eigenvalue weighted by molar-refractivity contribution is -0.141. The molecule has 0 radical (unpaired) electrons. The normalized spacial score (nSPS) is 10.8. The Labute approximate surface area is 116 Å². The topological polar surface area (TPSA) is 99.4 Å². The Balaban J connectivity index is 2.27. The number of nitriles is 1. The summed E-state index contributed by atoms with van der Waals surface area (Å²) in [6, 6.07) is 2.94. The fourth-order valence-electron chi connectivity index (χ4n) is 1.43. The van der Waals surface area contributed by atoms with Crippen molar-refractivity contribution in [2.45, 2.75) is 6.18 Å². The molecule has 0 spiro atoms. The number of anilines is 3. The summed E-state index contributed by atoms with van der Waals surface area (Å²) < 4.78 is 38.0. The van der Waals surface area contributed by atoms with E-state index in [-0.39, 0.29) is 23.0 Å². The number of nitrogens with zero attached hydrogens (tertiary/aromatic N) is 5. The minimum absolute atomic E-state index is 0.0614. The molecule has 2 rings (SSSR count). The van der Waals surface area contributed by atoms with Crippen molar-refractivity contribution in [3.8, 4) is 6.07 Å². The molecule has 0 saturated heterocycles. The number of hydrogen-bond donors (Lipinski definition) is 2. The number of halogens is 3. The monoisotopic (exact) mass is 295 g/mol. The number of hydrogen-bond acceptors (Lipinski definition) is 7. The zero-order chi connectivity index (χ0) is 15.5. The third-order valence-electron chi connectivity index (χ3n) is 2.35. The Kier molecular flexibility index (Phi) is 3.84. The second-order valence-electron chi connectivity index (χ2n) is 3.76. The maximum absolute atomic E-state index is 12.7. The molecule has 0 atom stereocenters. The Hall–Kier alpha value is -2.96. The highest BCUT2D eigenvalue weighted by molar-refractivity contribution is 5.59. The van der Waals surface area contributed by atoms with Gasteiger partial charge in [0.05, 0.1) is 18.1 Å². The summed E-state index contributed by atoms with van der Waals surface area (Å²) in [5.74, 6) is 0.288. The first-order valence-corrected chi connectivity index (χ1v) is 5.56. The van der Waals surface area contributed by atoms with E-state index in [1.807, 2.05) is 0 Å². The predicted molar refractivity (Wildman–Crippen MR) is 66.6 cm³/mol. The van der Waals surface area contributed by atoms with Gasteiger partial charge in [-0.3, -0.25) is 0 Å². The van der Waals surface area contributed by atoms with Gasteiger partial charge in [-0.1, -0.05) is 0 Å². The lowest BCUT2D eigenvalue weighted by Crippen LogP contribution is -2.13. The van der Waals surface area contributed by atoms with Crippen LogP contribution >= 0.6 is 0 Å². The van der Waals surface area contributed by atoms with Gasteiger partial charge in [0.1, 0.15) is 11.9 Å². The van der Waals surface area contributed by atoms with Crippen LogP contribution in [0.3, 0.4) is 0 Å². The average molecular weight is 295 g/mol. The van der Waals surface area contributed by atoms with Gasteiger partial charge in [-0.05, 0) is 0 Å². The van der Waals surface area contributed by atoms with Crippen LogP contribution in [0.4, 0.5) is 30.5 Å². The molecule has 0 saturated carbocycles. The molecule has 0 aliphatic heterocycles. The number of aromatic nitrogens is 4. The molecule has 2 heterocycles. The van der Waals surface area contributed by atoms with Gasteiger partial charge >= 0.3 is 6.18 Å². The van der Waals surface area contributed by atoms with Crippen LogP contribution < -0.4 is 10.6 Å². The van der Waals surface area contributed by atoms with Crippen molar-refractivity contribution in [2.75, 3.05) is 17.7 Å². The zero-order valence-electron chi connectivity index (χ0n) is 10.6. The Bertz CT molecular complexity index is 676. The SMILES string of the molecule is CNc1cc(Nc2cnc(C#N)cn2)nnc1C(F)(F)F. The van der Waals surface area contributed by atoms with Crippen LogP contribution in [0.25, 0.3) is 0 Å². The molecule has 21 heavy (non-hydrogen) atoms. The second-order valence-corrected chi connectivity index (χ2v) is 3.76. The minimum atomic E-state index is -4.60. The highest BCUT2D eigenvalue weighted by atomic mass is 19.4. The second kappa shape index (κ2) is 5.58. The van der Waals surface area contributed by atoms with Gasteiger partial charge in [0.15, 0.2) is 17.2 Å². The van der Waals surface area contributed by atoms with Crippen LogP contribution in [0.1, 0.15) is 11.4 Å². The van der Waals surface area contributed by atoms with E-state index in [9.17, 15) is 13.2 Å². The van der Waals surface area contributed by atoms with Crippen molar-refractivity contribution in [3.05, 3.63) is 29.8 Å². The zero-order valence-corrected chi connectivity index (χ0v) is 10.6. The van der Waals surface area contributed by atoms with Gasteiger partial charge in [0.2, 0.25) is 0 Å². The van der Waals surface area contributed by atoms with Gasteiger partial charge in [-0.15, -0.1) is 10.2 Å². The van der Waals surface area contributed by atoms with Crippen molar-refractivity contribution < 1.29 is 13.2 Å². The lowest BCUT2D eigenvalue weighted by atomic mass is 10.3. The van der Waals surface area contributed by atoms with Gasteiger partial charge in [-0.25, -0.2) is 9.97 Å². The smallest absolute Gasteiger partial charge is 0.386 e. The summed E-state index contributed by atoms with van der Waals surface area (Å²) in [5, 5.41) is 20.2. The lowest BCUT2D eigenvalue weighted by Gasteiger charge is -2.12. The molecule has 0 fully saturated rings. The molecule has 0 amide bonds. The highest BCUT2D eigenvalue weighted by Crippen LogP contribution is 2.33. The summed E-state index contributed by atoms with van der Waals surface area (Å²) in [7, 11) is 1.34.